The Labute approximate surface area is 349 Å². The molecule has 0 amide bonds. The SMILES string of the molecule is CCCCCCCCCCOC(=O)C[S][Sn]([S]CC(=O)OCCCCCCCCCC)[S]C(C(=O)OCCCCCCCCCC)C(CCC)CCCC. The van der Waals surface area contributed by atoms with E-state index < -0.39 is 15.6 Å². The van der Waals surface area contributed by atoms with Crippen LogP contribution in [0.15, 0.2) is 0 Å². The monoisotopic (exact) mass is 925 g/mol. The van der Waals surface area contributed by atoms with Crippen molar-refractivity contribution >= 4 is 60.4 Å². The van der Waals surface area contributed by atoms with Crippen molar-refractivity contribution in [3.63, 3.8) is 0 Å². The summed E-state index contributed by atoms with van der Waals surface area (Å²) in [6, 6.07) is 0. The zero-order valence-electron chi connectivity index (χ0n) is 35.9. The number of hydrogen-bond acceptors (Lipinski definition) is 9. The Hall–Kier alpha value is 0.259. The molecular weight excluding hydrogens is 839 g/mol. The molecule has 0 spiro atoms. The Balaban J connectivity index is 5.28. The molecule has 0 rings (SSSR count). The summed E-state index contributed by atoms with van der Waals surface area (Å²) in [5.74, 6) is 0.366. The predicted molar refractivity (Wildman–Crippen MR) is 241 cm³/mol. The van der Waals surface area contributed by atoms with Gasteiger partial charge in [0, 0.05) is 0 Å². The van der Waals surface area contributed by atoms with Crippen LogP contribution in [0.5, 0.6) is 0 Å². The van der Waals surface area contributed by atoms with Crippen LogP contribution < -0.4 is 0 Å². The molecule has 0 aromatic heterocycles. The minimum absolute atomic E-state index is 0.0914. The van der Waals surface area contributed by atoms with Gasteiger partial charge in [0.25, 0.3) is 0 Å². The molecule has 10 heteroatoms. The first kappa shape index (κ1) is 54.3. The summed E-state index contributed by atoms with van der Waals surface area (Å²) in [7, 11) is 5.13. The summed E-state index contributed by atoms with van der Waals surface area (Å²) in [4.78, 5) is 39.6. The van der Waals surface area contributed by atoms with Crippen molar-refractivity contribution in [2.24, 2.45) is 5.92 Å². The molecule has 0 saturated carbocycles. The molecule has 319 valence electrons. The fourth-order valence-electron chi connectivity index (χ4n) is 6.49. The molecule has 0 aliphatic heterocycles. The number of ether oxygens (including phenoxy) is 3. The molecule has 0 fully saturated rings. The van der Waals surface area contributed by atoms with Crippen LogP contribution in [0.4, 0.5) is 0 Å². The normalized spacial score (nSPS) is 12.6. The van der Waals surface area contributed by atoms with Crippen LogP contribution in [-0.4, -0.2) is 70.1 Å². The van der Waals surface area contributed by atoms with E-state index in [0.717, 1.165) is 70.6 Å². The Morgan fingerprint density at radius 3 is 1.15 bits per heavy atom. The van der Waals surface area contributed by atoms with Gasteiger partial charge >= 0.3 is 312 Å². The summed E-state index contributed by atoms with van der Waals surface area (Å²) >= 11 is -2.65. The second-order valence-corrected chi connectivity index (χ2v) is 38.8. The van der Waals surface area contributed by atoms with Crippen LogP contribution in [0.2, 0.25) is 0 Å². The number of carbonyl (C=O) groups is 3. The topological polar surface area (TPSA) is 78.9 Å². The Morgan fingerprint density at radius 1 is 0.426 bits per heavy atom. The number of esters is 3. The van der Waals surface area contributed by atoms with Crippen molar-refractivity contribution in [1.82, 2.24) is 0 Å². The van der Waals surface area contributed by atoms with Crippen molar-refractivity contribution in [2.75, 3.05) is 31.3 Å². The van der Waals surface area contributed by atoms with Gasteiger partial charge in [0.2, 0.25) is 0 Å². The molecule has 2 unspecified atom stereocenters. The van der Waals surface area contributed by atoms with Gasteiger partial charge in [0.15, 0.2) is 0 Å². The van der Waals surface area contributed by atoms with E-state index in [1.165, 1.54) is 116 Å². The van der Waals surface area contributed by atoms with E-state index in [4.69, 9.17) is 14.2 Å². The number of unbranched alkanes of at least 4 members (excludes halogenated alkanes) is 22. The van der Waals surface area contributed by atoms with Crippen LogP contribution in [-0.2, 0) is 28.6 Å². The predicted octanol–water partition coefficient (Wildman–Crippen LogP) is 14.2. The van der Waals surface area contributed by atoms with Crippen LogP contribution in [0.1, 0.15) is 221 Å². The van der Waals surface area contributed by atoms with Gasteiger partial charge in [-0.15, -0.1) is 0 Å². The van der Waals surface area contributed by atoms with Crippen LogP contribution in [0.25, 0.3) is 0 Å². The standard InChI is InChI=1S/C20H40O2S.2C12H24O2S.Sn/c1-4-7-9-10-11-12-13-14-17-22-20(21)19(23)18(15-6-3)16-8-5-2;2*1-2-3-4-5-6-7-8-9-10-14-12(13)11-15;/h18-19,23H,4-17H2,1-3H3;2*15H,2-11H2,1H3;/q;;;+3/p-3. The molecule has 0 aromatic carbocycles. The molecule has 1 radical (unpaired) electrons. The van der Waals surface area contributed by atoms with Gasteiger partial charge in [-0.25, -0.2) is 0 Å². The van der Waals surface area contributed by atoms with E-state index in [1.54, 1.807) is 26.8 Å². The third kappa shape index (κ3) is 35.4. The number of carbonyl (C=O) groups excluding carboxylic acids is 3. The first-order chi connectivity index (χ1) is 26.4. The van der Waals surface area contributed by atoms with Crippen LogP contribution >= 0.6 is 26.8 Å². The summed E-state index contributed by atoms with van der Waals surface area (Å²) in [5, 5.41) is -0.248. The molecule has 54 heavy (non-hydrogen) atoms. The maximum atomic E-state index is 13.8. The quantitative estimate of drug-likeness (QED) is 0.0257. The van der Waals surface area contributed by atoms with E-state index in [0.29, 0.717) is 19.8 Å². The van der Waals surface area contributed by atoms with Crippen LogP contribution in [0, 0.1) is 5.92 Å². The van der Waals surface area contributed by atoms with Gasteiger partial charge in [-0.3, -0.25) is 0 Å². The molecule has 0 saturated heterocycles. The average Bonchev–Trinajstić information content (AvgIpc) is 3.17. The Bertz CT molecular complexity index is 813. The maximum absolute atomic E-state index is 13.8. The fourth-order valence-corrected chi connectivity index (χ4v) is 31.7. The summed E-state index contributed by atoms with van der Waals surface area (Å²) in [6.07, 6.45) is 34.2. The van der Waals surface area contributed by atoms with Crippen molar-refractivity contribution < 1.29 is 28.6 Å². The Morgan fingerprint density at radius 2 is 0.778 bits per heavy atom. The summed E-state index contributed by atoms with van der Waals surface area (Å²) in [6.45, 7) is 12.6. The molecule has 0 N–H and O–H groups in total. The molecule has 0 aliphatic rings. The van der Waals surface area contributed by atoms with E-state index in [-0.39, 0.29) is 40.6 Å². The first-order valence-corrected chi connectivity index (χ1v) is 36.0. The second-order valence-electron chi connectivity index (χ2n) is 15.1. The van der Waals surface area contributed by atoms with Gasteiger partial charge in [-0.1, -0.05) is 40.0 Å². The van der Waals surface area contributed by atoms with Crippen molar-refractivity contribution in [3.05, 3.63) is 0 Å². The van der Waals surface area contributed by atoms with Crippen molar-refractivity contribution in [1.29, 1.82) is 0 Å². The van der Waals surface area contributed by atoms with Gasteiger partial charge in [0.1, 0.15) is 0 Å². The van der Waals surface area contributed by atoms with Gasteiger partial charge in [-0.05, 0) is 0 Å². The molecular formula is C44H85O6S3Sn. The van der Waals surface area contributed by atoms with E-state index in [1.807, 2.05) is 0 Å². The third-order valence-electron chi connectivity index (χ3n) is 9.85. The summed E-state index contributed by atoms with van der Waals surface area (Å²) < 4.78 is 17.3. The molecule has 6 nitrogen and oxygen atoms in total. The van der Waals surface area contributed by atoms with Gasteiger partial charge in [-0.2, -0.15) is 0 Å². The van der Waals surface area contributed by atoms with Crippen molar-refractivity contribution in [2.45, 2.75) is 226 Å². The molecule has 0 aliphatic carbocycles. The average molecular weight is 925 g/mol. The Kier molecular flexibility index (Phi) is 43.1. The van der Waals surface area contributed by atoms with Gasteiger partial charge < -0.3 is 0 Å². The molecule has 0 heterocycles. The van der Waals surface area contributed by atoms with E-state index in [2.05, 4.69) is 34.6 Å². The molecule has 0 bridgehead atoms. The molecule has 0 aromatic rings. The van der Waals surface area contributed by atoms with Crippen LogP contribution in [0.3, 0.4) is 0 Å². The number of hydrogen-bond donors (Lipinski definition) is 0. The molecule has 2 atom stereocenters. The summed E-state index contributed by atoms with van der Waals surface area (Å²) in [5.41, 5.74) is 0. The third-order valence-corrected chi connectivity index (χ3v) is 35.8. The van der Waals surface area contributed by atoms with Gasteiger partial charge in [0.05, 0.1) is 0 Å². The minimum atomic E-state index is -2.65. The van der Waals surface area contributed by atoms with E-state index in [9.17, 15) is 14.4 Å². The zero-order valence-corrected chi connectivity index (χ0v) is 41.2. The fraction of sp³-hybridized carbons (Fsp3) is 0.932. The second kappa shape index (κ2) is 42.9. The zero-order chi connectivity index (χ0) is 39.7. The van der Waals surface area contributed by atoms with Crippen molar-refractivity contribution in [3.8, 4) is 0 Å². The van der Waals surface area contributed by atoms with E-state index >= 15 is 0 Å². The number of rotatable bonds is 42. The first-order valence-electron chi connectivity index (χ1n) is 22.7.